The lowest BCUT2D eigenvalue weighted by Gasteiger charge is -2.12. The molecule has 0 fully saturated rings. The Bertz CT molecular complexity index is 401. The lowest BCUT2D eigenvalue weighted by Crippen LogP contribution is -2.22. The van der Waals surface area contributed by atoms with E-state index in [1.807, 2.05) is 0 Å². The highest BCUT2D eigenvalue weighted by Crippen LogP contribution is 2.36. The molecule has 0 atom stereocenters. The maximum atomic E-state index is 11.2. The number of hydrogen-bond donors (Lipinski definition) is 2. The van der Waals surface area contributed by atoms with Crippen LogP contribution in [0.2, 0.25) is 0 Å². The zero-order valence-electron chi connectivity index (χ0n) is 9.45. The van der Waals surface area contributed by atoms with Gasteiger partial charge in [0.25, 0.3) is 0 Å². The fourth-order valence-corrected chi connectivity index (χ4v) is 1.57. The molecule has 0 spiro atoms. The van der Waals surface area contributed by atoms with Gasteiger partial charge in [-0.1, -0.05) is 0 Å². The molecule has 0 aromatic heterocycles. The number of amides is 1. The molecule has 7 heteroatoms. The molecule has 0 heterocycles. The largest absolute Gasteiger partial charge is 0.493 e. The quantitative estimate of drug-likeness (QED) is 0.885. The third-order valence-electron chi connectivity index (χ3n) is 1.93. The Hall–Kier alpha value is -0.980. The summed E-state index contributed by atoms with van der Waals surface area (Å²) in [4.78, 5) is 11.2. The molecule has 0 saturated carbocycles. The van der Waals surface area contributed by atoms with Gasteiger partial charge in [0.2, 0.25) is 5.91 Å². The van der Waals surface area contributed by atoms with Crippen LogP contribution >= 0.6 is 28.3 Å². The summed E-state index contributed by atoms with van der Waals surface area (Å²) in [7, 11) is 3.07. The maximum Gasteiger partial charge on any atom is 0.238 e. The first-order valence-corrected chi connectivity index (χ1v) is 5.33. The molecule has 0 unspecified atom stereocenters. The van der Waals surface area contributed by atoms with Gasteiger partial charge in [-0.05, 0) is 15.9 Å². The number of methoxy groups -OCH3 is 2. The van der Waals surface area contributed by atoms with Gasteiger partial charge >= 0.3 is 0 Å². The van der Waals surface area contributed by atoms with Crippen molar-refractivity contribution in [2.24, 2.45) is 5.73 Å². The van der Waals surface area contributed by atoms with Gasteiger partial charge < -0.3 is 20.5 Å². The van der Waals surface area contributed by atoms with E-state index in [0.29, 0.717) is 21.7 Å². The minimum absolute atomic E-state index is 0. The summed E-state index contributed by atoms with van der Waals surface area (Å²) in [5.74, 6) is 0.853. The van der Waals surface area contributed by atoms with Crippen LogP contribution in [0.1, 0.15) is 0 Å². The van der Waals surface area contributed by atoms with Crippen LogP contribution in [0.5, 0.6) is 11.5 Å². The van der Waals surface area contributed by atoms with E-state index >= 15 is 0 Å². The van der Waals surface area contributed by atoms with Gasteiger partial charge in [0.1, 0.15) is 0 Å². The number of nitrogens with two attached hydrogens (primary N) is 1. The lowest BCUT2D eigenvalue weighted by molar-refractivity contribution is -0.114. The summed E-state index contributed by atoms with van der Waals surface area (Å²) in [6.07, 6.45) is 0. The van der Waals surface area contributed by atoms with Crippen LogP contribution in [0.15, 0.2) is 16.6 Å². The fraction of sp³-hybridized carbons (Fsp3) is 0.300. The van der Waals surface area contributed by atoms with Crippen molar-refractivity contribution >= 4 is 39.9 Å². The molecular weight excluding hydrogens is 311 g/mol. The predicted molar refractivity (Wildman–Crippen MR) is 72.2 cm³/mol. The van der Waals surface area contributed by atoms with Gasteiger partial charge in [-0.3, -0.25) is 4.79 Å². The first-order chi connectivity index (χ1) is 7.62. The summed E-state index contributed by atoms with van der Waals surface area (Å²) in [5, 5.41) is 2.64. The first kappa shape index (κ1) is 16.0. The van der Waals surface area contributed by atoms with Crippen LogP contribution in [0, 0.1) is 0 Å². The van der Waals surface area contributed by atoms with Crippen LogP contribution in [0.25, 0.3) is 0 Å². The Morgan fingerprint density at radius 1 is 1.35 bits per heavy atom. The number of benzene rings is 1. The van der Waals surface area contributed by atoms with Crippen LogP contribution in [0.4, 0.5) is 5.69 Å². The number of ether oxygens (including phenoxy) is 2. The average Bonchev–Trinajstić information content (AvgIpc) is 2.30. The van der Waals surface area contributed by atoms with E-state index in [4.69, 9.17) is 15.2 Å². The number of anilines is 1. The fourth-order valence-electron chi connectivity index (χ4n) is 1.15. The average molecular weight is 326 g/mol. The second-order valence-corrected chi connectivity index (χ2v) is 3.79. The normalized spacial score (nSPS) is 9.18. The molecule has 96 valence electrons. The highest BCUT2D eigenvalue weighted by Gasteiger charge is 2.10. The topological polar surface area (TPSA) is 73.6 Å². The summed E-state index contributed by atoms with van der Waals surface area (Å²) >= 11 is 3.32. The molecule has 0 radical (unpaired) electrons. The zero-order chi connectivity index (χ0) is 12.1. The lowest BCUT2D eigenvalue weighted by atomic mass is 10.2. The molecule has 1 rings (SSSR count). The van der Waals surface area contributed by atoms with E-state index in [1.165, 1.54) is 7.11 Å². The monoisotopic (exact) mass is 324 g/mol. The van der Waals surface area contributed by atoms with Crippen molar-refractivity contribution in [1.29, 1.82) is 0 Å². The van der Waals surface area contributed by atoms with Crippen molar-refractivity contribution in [1.82, 2.24) is 0 Å². The Kier molecular flexibility index (Phi) is 6.94. The Balaban J connectivity index is 0.00000256. The summed E-state index contributed by atoms with van der Waals surface area (Å²) < 4.78 is 10.9. The maximum absolute atomic E-state index is 11.2. The highest BCUT2D eigenvalue weighted by molar-refractivity contribution is 9.10. The van der Waals surface area contributed by atoms with Crippen molar-refractivity contribution < 1.29 is 14.3 Å². The second-order valence-electron chi connectivity index (χ2n) is 2.94. The third-order valence-corrected chi connectivity index (χ3v) is 2.59. The number of carbonyl (C=O) groups excluding carboxylic acids is 1. The van der Waals surface area contributed by atoms with E-state index in [1.54, 1.807) is 19.2 Å². The van der Waals surface area contributed by atoms with Crippen molar-refractivity contribution in [3.63, 3.8) is 0 Å². The second kappa shape index (κ2) is 7.37. The van der Waals surface area contributed by atoms with Gasteiger partial charge in [-0.25, -0.2) is 0 Å². The van der Waals surface area contributed by atoms with Crippen LogP contribution in [0.3, 0.4) is 0 Å². The Morgan fingerprint density at radius 2 is 1.88 bits per heavy atom. The highest BCUT2D eigenvalue weighted by atomic mass is 79.9. The van der Waals surface area contributed by atoms with Gasteiger partial charge in [-0.15, -0.1) is 12.4 Å². The van der Waals surface area contributed by atoms with E-state index < -0.39 is 0 Å². The number of halogens is 2. The molecule has 3 N–H and O–H groups in total. The molecule has 1 amide bonds. The molecule has 0 saturated heterocycles. The molecule has 0 bridgehead atoms. The summed E-state index contributed by atoms with van der Waals surface area (Å²) in [5.41, 5.74) is 5.80. The van der Waals surface area contributed by atoms with E-state index in [0.717, 1.165) is 0 Å². The minimum atomic E-state index is -0.270. The van der Waals surface area contributed by atoms with Gasteiger partial charge in [0.15, 0.2) is 11.5 Å². The Labute approximate surface area is 114 Å². The van der Waals surface area contributed by atoms with Crippen LogP contribution in [-0.2, 0) is 4.79 Å². The standard InChI is InChI=1S/C10H13BrN2O3.ClH/c1-15-8-3-6(11)7(4-9(8)16-2)13-10(14)5-12;/h3-4H,5,12H2,1-2H3,(H,13,14);1H. The van der Waals surface area contributed by atoms with Gasteiger partial charge in [0, 0.05) is 16.6 Å². The SMILES string of the molecule is COc1cc(Br)c(NC(=O)CN)cc1OC.Cl. The molecule has 5 nitrogen and oxygen atoms in total. The third kappa shape index (κ3) is 4.07. The molecular formula is C10H14BrClN2O3. The van der Waals surface area contributed by atoms with Crippen molar-refractivity contribution in [2.45, 2.75) is 0 Å². The predicted octanol–water partition coefficient (Wildman–Crippen LogP) is 1.79. The molecule has 0 aliphatic rings. The number of carbonyl (C=O) groups is 1. The van der Waals surface area contributed by atoms with Crippen molar-refractivity contribution in [3.05, 3.63) is 16.6 Å². The molecule has 0 aliphatic heterocycles. The molecule has 17 heavy (non-hydrogen) atoms. The van der Waals surface area contributed by atoms with E-state index in [-0.39, 0.29) is 24.9 Å². The number of rotatable bonds is 4. The smallest absolute Gasteiger partial charge is 0.238 e. The number of hydrogen-bond acceptors (Lipinski definition) is 4. The number of nitrogens with one attached hydrogen (secondary N) is 1. The Morgan fingerprint density at radius 3 is 2.35 bits per heavy atom. The van der Waals surface area contributed by atoms with Gasteiger partial charge in [-0.2, -0.15) is 0 Å². The van der Waals surface area contributed by atoms with E-state index in [2.05, 4.69) is 21.2 Å². The molecule has 0 aliphatic carbocycles. The minimum Gasteiger partial charge on any atom is -0.493 e. The molecule has 1 aromatic carbocycles. The van der Waals surface area contributed by atoms with Crippen molar-refractivity contribution in [3.8, 4) is 11.5 Å². The first-order valence-electron chi connectivity index (χ1n) is 4.53. The zero-order valence-corrected chi connectivity index (χ0v) is 11.9. The summed E-state index contributed by atoms with van der Waals surface area (Å²) in [6, 6.07) is 3.38. The van der Waals surface area contributed by atoms with Gasteiger partial charge in [0.05, 0.1) is 26.5 Å². The van der Waals surface area contributed by atoms with E-state index in [9.17, 15) is 4.79 Å². The van der Waals surface area contributed by atoms with Crippen LogP contribution < -0.4 is 20.5 Å². The summed E-state index contributed by atoms with van der Waals surface area (Å²) in [6.45, 7) is -0.0687. The van der Waals surface area contributed by atoms with Crippen LogP contribution in [-0.4, -0.2) is 26.7 Å². The van der Waals surface area contributed by atoms with Crippen molar-refractivity contribution in [2.75, 3.05) is 26.1 Å². The molecule has 1 aromatic rings.